The molecule has 0 bridgehead atoms. The van der Waals surface area contributed by atoms with Gasteiger partial charge >= 0.3 is 0 Å². The molecular weight excluding hydrogens is 174 g/mol. The monoisotopic (exact) mass is 191 g/mol. The zero-order valence-electron chi connectivity index (χ0n) is 8.34. The van der Waals surface area contributed by atoms with Crippen LogP contribution in [0.4, 0.5) is 11.4 Å². The van der Waals surface area contributed by atoms with Gasteiger partial charge in [-0.2, -0.15) is 0 Å². The minimum absolute atomic E-state index is 0.663. The number of hydrogen-bond donors (Lipinski definition) is 3. The van der Waals surface area contributed by atoms with E-state index in [-0.39, 0.29) is 0 Å². The van der Waals surface area contributed by atoms with Crippen LogP contribution in [0.3, 0.4) is 0 Å². The quantitative estimate of drug-likeness (QED) is 0.614. The normalized spacial score (nSPS) is 14.6. The van der Waals surface area contributed by atoms with Gasteiger partial charge in [0.2, 0.25) is 0 Å². The van der Waals surface area contributed by atoms with Crippen molar-refractivity contribution in [3.05, 3.63) is 23.3 Å². The van der Waals surface area contributed by atoms with Crippen molar-refractivity contribution in [2.75, 3.05) is 24.1 Å². The summed E-state index contributed by atoms with van der Waals surface area (Å²) in [5.74, 6) is 0. The number of hydrogen-bond acceptors (Lipinski definition) is 3. The maximum absolute atomic E-state index is 5.94. The molecule has 1 aromatic rings. The SMILES string of the molecule is NCCc1cc2c(cc1N)NCCC2. The van der Waals surface area contributed by atoms with Crippen LogP contribution in [0.25, 0.3) is 0 Å². The summed E-state index contributed by atoms with van der Waals surface area (Å²) in [5, 5.41) is 3.36. The summed E-state index contributed by atoms with van der Waals surface area (Å²) in [5.41, 5.74) is 16.1. The van der Waals surface area contributed by atoms with Gasteiger partial charge in [-0.3, -0.25) is 0 Å². The Hall–Kier alpha value is -1.22. The minimum atomic E-state index is 0.663. The van der Waals surface area contributed by atoms with E-state index in [2.05, 4.69) is 11.4 Å². The molecule has 0 radical (unpaired) electrons. The summed E-state index contributed by atoms with van der Waals surface area (Å²) in [6.45, 7) is 1.72. The van der Waals surface area contributed by atoms with Crippen molar-refractivity contribution in [2.45, 2.75) is 19.3 Å². The van der Waals surface area contributed by atoms with Crippen molar-refractivity contribution in [1.29, 1.82) is 0 Å². The van der Waals surface area contributed by atoms with Crippen LogP contribution in [0.2, 0.25) is 0 Å². The van der Waals surface area contributed by atoms with Gasteiger partial charge in [-0.05, 0) is 43.0 Å². The van der Waals surface area contributed by atoms with E-state index in [0.717, 1.165) is 25.1 Å². The van der Waals surface area contributed by atoms with Crippen LogP contribution in [0, 0.1) is 0 Å². The summed E-state index contributed by atoms with van der Waals surface area (Å²) in [4.78, 5) is 0. The average molecular weight is 191 g/mol. The summed E-state index contributed by atoms with van der Waals surface area (Å²) in [7, 11) is 0. The highest BCUT2D eigenvalue weighted by Gasteiger charge is 2.10. The van der Waals surface area contributed by atoms with Gasteiger partial charge in [0, 0.05) is 17.9 Å². The second-order valence-corrected chi connectivity index (χ2v) is 3.78. The lowest BCUT2D eigenvalue weighted by molar-refractivity contribution is 0.826. The minimum Gasteiger partial charge on any atom is -0.398 e. The van der Waals surface area contributed by atoms with Crippen LogP contribution in [-0.4, -0.2) is 13.1 Å². The third-order valence-corrected chi connectivity index (χ3v) is 2.72. The van der Waals surface area contributed by atoms with Gasteiger partial charge in [0.05, 0.1) is 0 Å². The van der Waals surface area contributed by atoms with Gasteiger partial charge in [0.1, 0.15) is 0 Å². The van der Waals surface area contributed by atoms with Crippen molar-refractivity contribution in [2.24, 2.45) is 5.73 Å². The number of rotatable bonds is 2. The molecule has 0 atom stereocenters. The molecule has 0 aliphatic carbocycles. The Morgan fingerprint density at radius 2 is 2.21 bits per heavy atom. The number of nitrogens with one attached hydrogen (secondary N) is 1. The van der Waals surface area contributed by atoms with E-state index in [1.807, 2.05) is 6.07 Å². The summed E-state index contributed by atoms with van der Waals surface area (Å²) in [6, 6.07) is 4.24. The molecule has 76 valence electrons. The lowest BCUT2D eigenvalue weighted by Crippen LogP contribution is -2.14. The van der Waals surface area contributed by atoms with Gasteiger partial charge in [0.25, 0.3) is 0 Å². The van der Waals surface area contributed by atoms with Crippen molar-refractivity contribution in [1.82, 2.24) is 0 Å². The van der Waals surface area contributed by atoms with Crippen molar-refractivity contribution < 1.29 is 0 Å². The maximum atomic E-state index is 5.94. The zero-order valence-corrected chi connectivity index (χ0v) is 8.34. The molecule has 1 aromatic carbocycles. The molecule has 1 heterocycles. The molecule has 2 rings (SSSR count). The van der Waals surface area contributed by atoms with E-state index in [0.29, 0.717) is 6.54 Å². The molecule has 5 N–H and O–H groups in total. The Balaban J connectivity index is 2.35. The third kappa shape index (κ3) is 1.68. The first kappa shape index (κ1) is 9.34. The number of nitrogen functional groups attached to an aromatic ring is 1. The molecule has 0 unspecified atom stereocenters. The molecule has 3 heteroatoms. The summed E-state index contributed by atoms with van der Waals surface area (Å²) < 4.78 is 0. The maximum Gasteiger partial charge on any atom is 0.0393 e. The average Bonchev–Trinajstić information content (AvgIpc) is 2.19. The fraction of sp³-hybridized carbons (Fsp3) is 0.455. The number of aryl methyl sites for hydroxylation is 1. The highest BCUT2D eigenvalue weighted by Crippen LogP contribution is 2.27. The number of fused-ring (bicyclic) bond motifs is 1. The van der Waals surface area contributed by atoms with Gasteiger partial charge in [-0.25, -0.2) is 0 Å². The molecule has 0 aromatic heterocycles. The molecule has 0 saturated heterocycles. The molecule has 0 fully saturated rings. The van der Waals surface area contributed by atoms with Crippen LogP contribution in [0.1, 0.15) is 17.5 Å². The third-order valence-electron chi connectivity index (χ3n) is 2.72. The van der Waals surface area contributed by atoms with Crippen LogP contribution in [0.15, 0.2) is 12.1 Å². The predicted molar refractivity (Wildman–Crippen MR) is 60.4 cm³/mol. The van der Waals surface area contributed by atoms with Crippen molar-refractivity contribution in [3.63, 3.8) is 0 Å². The molecular formula is C11H17N3. The van der Waals surface area contributed by atoms with Crippen LogP contribution in [-0.2, 0) is 12.8 Å². The number of anilines is 2. The zero-order chi connectivity index (χ0) is 9.97. The summed E-state index contributed by atoms with van der Waals surface area (Å²) in [6.07, 6.45) is 3.23. The van der Waals surface area contributed by atoms with Crippen molar-refractivity contribution in [3.8, 4) is 0 Å². The summed E-state index contributed by atoms with van der Waals surface area (Å²) >= 11 is 0. The first-order valence-corrected chi connectivity index (χ1v) is 5.16. The Morgan fingerprint density at radius 1 is 1.36 bits per heavy atom. The van der Waals surface area contributed by atoms with Crippen LogP contribution in [0.5, 0.6) is 0 Å². The Labute approximate surface area is 84.5 Å². The first-order valence-electron chi connectivity index (χ1n) is 5.16. The van der Waals surface area contributed by atoms with Crippen molar-refractivity contribution >= 4 is 11.4 Å². The van der Waals surface area contributed by atoms with E-state index >= 15 is 0 Å². The Kier molecular flexibility index (Phi) is 2.59. The van der Waals surface area contributed by atoms with Crippen LogP contribution >= 0.6 is 0 Å². The van der Waals surface area contributed by atoms with Gasteiger partial charge in [0.15, 0.2) is 0 Å². The smallest absolute Gasteiger partial charge is 0.0393 e. The van der Waals surface area contributed by atoms with E-state index < -0.39 is 0 Å². The van der Waals surface area contributed by atoms with E-state index in [9.17, 15) is 0 Å². The number of nitrogens with two attached hydrogens (primary N) is 2. The predicted octanol–water partition coefficient (Wildman–Crippen LogP) is 1.13. The molecule has 0 saturated carbocycles. The van der Waals surface area contributed by atoms with E-state index in [1.54, 1.807) is 0 Å². The fourth-order valence-electron chi connectivity index (χ4n) is 1.96. The fourth-order valence-corrected chi connectivity index (χ4v) is 1.96. The molecule has 14 heavy (non-hydrogen) atoms. The topological polar surface area (TPSA) is 64.1 Å². The van der Waals surface area contributed by atoms with Gasteiger partial charge in [-0.1, -0.05) is 6.07 Å². The first-order chi connectivity index (χ1) is 6.81. The Morgan fingerprint density at radius 3 is 3.00 bits per heavy atom. The molecule has 1 aliphatic rings. The highest BCUT2D eigenvalue weighted by molar-refractivity contribution is 5.64. The van der Waals surface area contributed by atoms with Crippen LogP contribution < -0.4 is 16.8 Å². The molecule has 0 spiro atoms. The second-order valence-electron chi connectivity index (χ2n) is 3.78. The molecule has 1 aliphatic heterocycles. The van der Waals surface area contributed by atoms with E-state index in [4.69, 9.17) is 11.5 Å². The van der Waals surface area contributed by atoms with Gasteiger partial charge < -0.3 is 16.8 Å². The largest absolute Gasteiger partial charge is 0.398 e. The Bertz CT molecular complexity index is 334. The number of benzene rings is 1. The molecule has 0 amide bonds. The second kappa shape index (κ2) is 3.88. The lowest BCUT2D eigenvalue weighted by atomic mass is 9.98. The highest BCUT2D eigenvalue weighted by atomic mass is 14.9. The van der Waals surface area contributed by atoms with Gasteiger partial charge in [-0.15, -0.1) is 0 Å². The van der Waals surface area contributed by atoms with E-state index in [1.165, 1.54) is 23.2 Å². The standard InChI is InChI=1S/C11H17N3/c12-4-3-8-6-9-2-1-5-14-11(9)7-10(8)13/h6-7,14H,1-5,12-13H2. The lowest BCUT2D eigenvalue weighted by Gasteiger charge is -2.20. The molecule has 3 nitrogen and oxygen atoms in total.